The summed E-state index contributed by atoms with van der Waals surface area (Å²) in [6.07, 6.45) is 1.10. The van der Waals surface area contributed by atoms with Gasteiger partial charge in [-0.15, -0.1) is 0 Å². The molecule has 1 rings (SSSR count). The van der Waals surface area contributed by atoms with E-state index in [1.165, 1.54) is 0 Å². The molecule has 20 heavy (non-hydrogen) atoms. The number of nitrogens with zero attached hydrogens (tertiary/aromatic N) is 1. The Morgan fingerprint density at radius 1 is 1.20 bits per heavy atom. The van der Waals surface area contributed by atoms with Crippen LogP contribution >= 0.6 is 0 Å². The van der Waals surface area contributed by atoms with Gasteiger partial charge in [-0.25, -0.2) is 0 Å². The lowest BCUT2D eigenvalue weighted by Gasteiger charge is -2.28. The van der Waals surface area contributed by atoms with Crippen LogP contribution in [0.4, 0.5) is 0 Å². The van der Waals surface area contributed by atoms with E-state index in [2.05, 4.69) is 25.7 Å². The van der Waals surface area contributed by atoms with Gasteiger partial charge in [0.15, 0.2) is 0 Å². The van der Waals surface area contributed by atoms with Crippen LogP contribution in [0.1, 0.15) is 39.7 Å². The average molecular weight is 277 g/mol. The zero-order valence-corrected chi connectivity index (χ0v) is 13.1. The smallest absolute Gasteiger partial charge is 0.310 e. The molecule has 2 atom stereocenters. The fourth-order valence-electron chi connectivity index (χ4n) is 2.18. The quantitative estimate of drug-likeness (QED) is 0.681. The van der Waals surface area contributed by atoms with Gasteiger partial charge < -0.3 is 9.64 Å². The van der Waals surface area contributed by atoms with Crippen molar-refractivity contribution in [2.75, 3.05) is 13.1 Å². The predicted molar refractivity (Wildman–Crippen MR) is 82.4 cm³/mol. The van der Waals surface area contributed by atoms with Crippen molar-refractivity contribution in [1.29, 1.82) is 0 Å². The van der Waals surface area contributed by atoms with Crippen molar-refractivity contribution < 1.29 is 9.53 Å². The Morgan fingerprint density at radius 2 is 1.85 bits per heavy atom. The molecule has 0 spiro atoms. The van der Waals surface area contributed by atoms with Gasteiger partial charge in [-0.3, -0.25) is 4.79 Å². The third-order valence-corrected chi connectivity index (χ3v) is 3.76. The van der Waals surface area contributed by atoms with Gasteiger partial charge >= 0.3 is 5.97 Å². The number of benzene rings is 1. The maximum absolute atomic E-state index is 12.0. The summed E-state index contributed by atoms with van der Waals surface area (Å²) < 4.78 is 5.38. The van der Waals surface area contributed by atoms with E-state index in [0.29, 0.717) is 12.6 Å². The Kier molecular flexibility index (Phi) is 7.31. The van der Waals surface area contributed by atoms with Crippen LogP contribution in [0.15, 0.2) is 30.3 Å². The lowest BCUT2D eigenvalue weighted by atomic mass is 10.1. The summed E-state index contributed by atoms with van der Waals surface area (Å²) in [7, 11) is 0. The average Bonchev–Trinajstić information content (AvgIpc) is 2.50. The highest BCUT2D eigenvalue weighted by Crippen LogP contribution is 2.10. The number of ether oxygens (including phenoxy) is 1. The molecule has 0 aliphatic heterocycles. The highest BCUT2D eigenvalue weighted by atomic mass is 16.5. The lowest BCUT2D eigenvalue weighted by molar-refractivity contribution is -0.150. The van der Waals surface area contributed by atoms with Gasteiger partial charge in [-0.2, -0.15) is 0 Å². The van der Waals surface area contributed by atoms with Crippen molar-refractivity contribution in [1.82, 2.24) is 4.90 Å². The number of hydrogen-bond donors (Lipinski definition) is 0. The van der Waals surface area contributed by atoms with Gasteiger partial charge in [0, 0.05) is 12.6 Å². The summed E-state index contributed by atoms with van der Waals surface area (Å²) in [6, 6.07) is 10.3. The summed E-state index contributed by atoms with van der Waals surface area (Å²) in [5.41, 5.74) is 1.03. The lowest BCUT2D eigenvalue weighted by Crippen LogP contribution is -2.38. The van der Waals surface area contributed by atoms with Crippen LogP contribution in [0.2, 0.25) is 0 Å². The van der Waals surface area contributed by atoms with E-state index in [0.717, 1.165) is 25.1 Å². The normalized spacial score (nSPS) is 14.1. The van der Waals surface area contributed by atoms with Crippen molar-refractivity contribution in [3.8, 4) is 0 Å². The molecule has 0 heterocycles. The van der Waals surface area contributed by atoms with Crippen molar-refractivity contribution >= 4 is 5.97 Å². The Balaban J connectivity index is 2.42. The van der Waals surface area contributed by atoms with Crippen LogP contribution in [0, 0.1) is 5.92 Å². The fourth-order valence-corrected chi connectivity index (χ4v) is 2.18. The van der Waals surface area contributed by atoms with Crippen LogP contribution in [0.5, 0.6) is 0 Å². The van der Waals surface area contributed by atoms with Gasteiger partial charge in [0.2, 0.25) is 0 Å². The molecule has 2 unspecified atom stereocenters. The summed E-state index contributed by atoms with van der Waals surface area (Å²) in [6.45, 7) is 10.5. The zero-order valence-electron chi connectivity index (χ0n) is 13.1. The van der Waals surface area contributed by atoms with Crippen LogP contribution in [-0.4, -0.2) is 30.0 Å². The third kappa shape index (κ3) is 5.33. The first kappa shape index (κ1) is 16.7. The first-order valence-corrected chi connectivity index (χ1v) is 7.53. The molecule has 0 aliphatic carbocycles. The SMILES string of the molecule is CCC(C)N(CC)CC(C)C(=O)OCc1ccccc1. The minimum absolute atomic E-state index is 0.0901. The number of carbonyl (C=O) groups excluding carboxylic acids is 1. The van der Waals surface area contributed by atoms with Crippen molar-refractivity contribution in [2.45, 2.75) is 46.8 Å². The van der Waals surface area contributed by atoms with Crippen molar-refractivity contribution in [3.05, 3.63) is 35.9 Å². The molecule has 1 aromatic rings. The minimum atomic E-state index is -0.115. The van der Waals surface area contributed by atoms with E-state index in [1.807, 2.05) is 37.3 Å². The van der Waals surface area contributed by atoms with E-state index in [1.54, 1.807) is 0 Å². The monoisotopic (exact) mass is 277 g/mol. The van der Waals surface area contributed by atoms with Gasteiger partial charge in [-0.1, -0.05) is 51.1 Å². The van der Waals surface area contributed by atoms with E-state index in [-0.39, 0.29) is 11.9 Å². The van der Waals surface area contributed by atoms with Gasteiger partial charge in [0.25, 0.3) is 0 Å². The summed E-state index contributed by atoms with van der Waals surface area (Å²) in [4.78, 5) is 14.4. The van der Waals surface area contributed by atoms with Gasteiger partial charge in [0.1, 0.15) is 6.61 Å². The minimum Gasteiger partial charge on any atom is -0.461 e. The Morgan fingerprint density at radius 3 is 2.40 bits per heavy atom. The van der Waals surface area contributed by atoms with Gasteiger partial charge in [-0.05, 0) is 25.5 Å². The molecule has 3 heteroatoms. The first-order valence-electron chi connectivity index (χ1n) is 7.53. The largest absolute Gasteiger partial charge is 0.461 e. The maximum atomic E-state index is 12.0. The molecule has 0 bridgehead atoms. The number of rotatable bonds is 8. The Labute approximate surface area is 122 Å². The summed E-state index contributed by atoms with van der Waals surface area (Å²) in [5, 5.41) is 0. The Hall–Kier alpha value is -1.35. The summed E-state index contributed by atoms with van der Waals surface area (Å²) in [5.74, 6) is -0.205. The predicted octanol–water partition coefficient (Wildman–Crippen LogP) is 3.49. The molecular weight excluding hydrogens is 250 g/mol. The first-order chi connectivity index (χ1) is 9.58. The van der Waals surface area contributed by atoms with Crippen LogP contribution in [-0.2, 0) is 16.1 Å². The third-order valence-electron chi connectivity index (χ3n) is 3.76. The molecule has 0 N–H and O–H groups in total. The molecule has 0 fully saturated rings. The standard InChI is InChI=1S/C17H27NO2/c1-5-15(4)18(6-2)12-14(3)17(19)20-13-16-10-8-7-9-11-16/h7-11,14-15H,5-6,12-13H2,1-4H3. The fraction of sp³-hybridized carbons (Fsp3) is 0.588. The van der Waals surface area contributed by atoms with E-state index >= 15 is 0 Å². The number of esters is 1. The van der Waals surface area contributed by atoms with Crippen molar-refractivity contribution in [3.63, 3.8) is 0 Å². The number of hydrogen-bond acceptors (Lipinski definition) is 3. The van der Waals surface area contributed by atoms with Crippen LogP contribution < -0.4 is 0 Å². The second-order valence-electron chi connectivity index (χ2n) is 5.34. The zero-order chi connectivity index (χ0) is 15.0. The highest BCUT2D eigenvalue weighted by molar-refractivity contribution is 5.72. The summed E-state index contributed by atoms with van der Waals surface area (Å²) >= 11 is 0. The molecule has 112 valence electrons. The molecule has 0 aromatic heterocycles. The van der Waals surface area contributed by atoms with E-state index in [9.17, 15) is 4.79 Å². The molecule has 0 radical (unpaired) electrons. The second-order valence-corrected chi connectivity index (χ2v) is 5.34. The van der Waals surface area contributed by atoms with E-state index in [4.69, 9.17) is 4.74 Å². The molecule has 0 aliphatic rings. The topological polar surface area (TPSA) is 29.5 Å². The number of carbonyl (C=O) groups is 1. The van der Waals surface area contributed by atoms with Crippen LogP contribution in [0.3, 0.4) is 0 Å². The van der Waals surface area contributed by atoms with E-state index < -0.39 is 0 Å². The molecule has 1 aromatic carbocycles. The van der Waals surface area contributed by atoms with Gasteiger partial charge in [0.05, 0.1) is 5.92 Å². The van der Waals surface area contributed by atoms with Crippen LogP contribution in [0.25, 0.3) is 0 Å². The molecule has 0 saturated heterocycles. The highest BCUT2D eigenvalue weighted by Gasteiger charge is 2.20. The Bertz CT molecular complexity index is 391. The van der Waals surface area contributed by atoms with Crippen molar-refractivity contribution in [2.24, 2.45) is 5.92 Å². The second kappa shape index (κ2) is 8.75. The molecule has 0 amide bonds. The molecular formula is C17H27NO2. The molecule has 0 saturated carbocycles. The molecule has 3 nitrogen and oxygen atoms in total. The maximum Gasteiger partial charge on any atom is 0.310 e.